The van der Waals surface area contributed by atoms with Gasteiger partial charge in [-0.25, -0.2) is 4.79 Å². The number of pyridine rings is 1. The minimum atomic E-state index is -0.118. The molecule has 7 heteroatoms. The van der Waals surface area contributed by atoms with Crippen LogP contribution in [0, 0.1) is 0 Å². The number of hydrogen-bond acceptors (Lipinski definition) is 4. The lowest BCUT2D eigenvalue weighted by atomic mass is 10.0. The van der Waals surface area contributed by atoms with E-state index in [1.807, 2.05) is 17.0 Å². The number of amides is 2. The van der Waals surface area contributed by atoms with Crippen LogP contribution in [0.4, 0.5) is 10.5 Å². The van der Waals surface area contributed by atoms with Gasteiger partial charge in [0.15, 0.2) is 0 Å². The highest BCUT2D eigenvalue weighted by Crippen LogP contribution is 2.31. The van der Waals surface area contributed by atoms with Crippen molar-refractivity contribution in [1.82, 2.24) is 9.88 Å². The third-order valence-corrected chi connectivity index (χ3v) is 5.13. The molecule has 6 nitrogen and oxygen atoms in total. The molecule has 2 heterocycles. The first-order valence-electron chi connectivity index (χ1n) is 9.58. The number of aromatic nitrogens is 1. The van der Waals surface area contributed by atoms with E-state index in [9.17, 15) is 4.79 Å². The van der Waals surface area contributed by atoms with Gasteiger partial charge in [0, 0.05) is 31.7 Å². The lowest BCUT2D eigenvalue weighted by molar-refractivity contribution is 0.146. The fourth-order valence-electron chi connectivity index (χ4n) is 3.41. The lowest BCUT2D eigenvalue weighted by Gasteiger charge is -2.30. The summed E-state index contributed by atoms with van der Waals surface area (Å²) in [5.41, 5.74) is 1.76. The van der Waals surface area contributed by atoms with Crippen LogP contribution in [0.3, 0.4) is 0 Å². The smallest absolute Gasteiger partial charge is 0.322 e. The van der Waals surface area contributed by atoms with Crippen molar-refractivity contribution >= 4 is 23.3 Å². The molecule has 28 heavy (non-hydrogen) atoms. The first-order valence-corrected chi connectivity index (χ1v) is 9.95. The number of halogens is 1. The maximum atomic E-state index is 13.0. The largest absolute Gasteiger partial charge is 0.490 e. The third kappa shape index (κ3) is 5.36. The third-order valence-electron chi connectivity index (χ3n) is 4.83. The topological polar surface area (TPSA) is 63.7 Å². The van der Waals surface area contributed by atoms with Gasteiger partial charge in [0.1, 0.15) is 12.4 Å². The Morgan fingerprint density at radius 3 is 2.79 bits per heavy atom. The van der Waals surface area contributed by atoms with Gasteiger partial charge in [-0.2, -0.15) is 0 Å². The van der Waals surface area contributed by atoms with Crippen LogP contribution in [0.5, 0.6) is 5.75 Å². The number of rotatable bonds is 6. The van der Waals surface area contributed by atoms with Gasteiger partial charge in [0.05, 0.1) is 17.7 Å². The van der Waals surface area contributed by atoms with Crippen molar-refractivity contribution in [1.29, 1.82) is 0 Å². The van der Waals surface area contributed by atoms with Gasteiger partial charge in [-0.15, -0.1) is 0 Å². The Bertz CT molecular complexity index is 773. The van der Waals surface area contributed by atoms with Crippen LogP contribution in [-0.4, -0.2) is 42.8 Å². The molecule has 0 spiro atoms. The summed E-state index contributed by atoms with van der Waals surface area (Å²) >= 11 is 6.29. The molecule has 0 saturated carbocycles. The van der Waals surface area contributed by atoms with Crippen LogP contribution in [0.15, 0.2) is 42.7 Å². The van der Waals surface area contributed by atoms with Crippen molar-refractivity contribution in [3.05, 3.63) is 53.3 Å². The quantitative estimate of drug-likeness (QED) is 0.696. The SMILES string of the molecule is COCCOc1ccc(NC(=O)N2CCCCCC2c2ccncc2)cc1Cl. The Morgan fingerprint density at radius 2 is 2.04 bits per heavy atom. The second-order valence-corrected chi connectivity index (χ2v) is 7.16. The normalized spacial score (nSPS) is 17.1. The summed E-state index contributed by atoms with van der Waals surface area (Å²) in [5, 5.41) is 3.44. The van der Waals surface area contributed by atoms with Gasteiger partial charge in [0.25, 0.3) is 0 Å². The number of hydrogen-bond donors (Lipinski definition) is 1. The fourth-order valence-corrected chi connectivity index (χ4v) is 3.64. The van der Waals surface area contributed by atoms with Crippen LogP contribution in [0.25, 0.3) is 0 Å². The van der Waals surface area contributed by atoms with E-state index in [0.717, 1.165) is 37.8 Å². The predicted molar refractivity (Wildman–Crippen MR) is 110 cm³/mol. The maximum Gasteiger partial charge on any atom is 0.322 e. The molecular formula is C21H26ClN3O3. The van der Waals surface area contributed by atoms with Crippen molar-refractivity contribution < 1.29 is 14.3 Å². The van der Waals surface area contributed by atoms with E-state index < -0.39 is 0 Å². The van der Waals surface area contributed by atoms with Gasteiger partial charge in [0.2, 0.25) is 0 Å². The minimum Gasteiger partial charge on any atom is -0.490 e. The van der Waals surface area contributed by atoms with Crippen molar-refractivity contribution in [2.24, 2.45) is 0 Å². The highest BCUT2D eigenvalue weighted by molar-refractivity contribution is 6.32. The fraction of sp³-hybridized carbons (Fsp3) is 0.429. The Labute approximate surface area is 170 Å². The van der Waals surface area contributed by atoms with E-state index >= 15 is 0 Å². The molecule has 1 aliphatic rings. The molecule has 1 N–H and O–H groups in total. The van der Waals surface area contributed by atoms with Crippen molar-refractivity contribution in [3.8, 4) is 5.75 Å². The average molecular weight is 404 g/mol. The minimum absolute atomic E-state index is 0.0534. The Balaban J connectivity index is 1.70. The molecule has 2 aromatic rings. The standard InChI is InChI=1S/C21H26ClN3O3/c1-27-13-14-28-20-7-6-17(15-18(20)22)24-21(26)25-12-4-2-3-5-19(25)16-8-10-23-11-9-16/h6-11,15,19H,2-5,12-14H2,1H3,(H,24,26). The molecule has 3 rings (SSSR count). The van der Waals surface area contributed by atoms with E-state index in [1.165, 1.54) is 0 Å². The number of urea groups is 1. The van der Waals surface area contributed by atoms with E-state index in [0.29, 0.717) is 29.7 Å². The highest BCUT2D eigenvalue weighted by atomic mass is 35.5. The molecule has 1 aromatic carbocycles. The van der Waals surface area contributed by atoms with Crippen LogP contribution in [0.2, 0.25) is 5.02 Å². The zero-order valence-corrected chi connectivity index (χ0v) is 16.8. The van der Waals surface area contributed by atoms with Crippen LogP contribution >= 0.6 is 11.6 Å². The van der Waals surface area contributed by atoms with E-state index in [-0.39, 0.29) is 12.1 Å². The molecule has 150 valence electrons. The summed E-state index contributed by atoms with van der Waals surface area (Å²) in [6, 6.07) is 9.17. The molecular weight excluding hydrogens is 378 g/mol. The molecule has 1 aromatic heterocycles. The molecule has 1 aliphatic heterocycles. The Hall–Kier alpha value is -2.31. The summed E-state index contributed by atoms with van der Waals surface area (Å²) < 4.78 is 10.5. The van der Waals surface area contributed by atoms with E-state index in [1.54, 1.807) is 37.7 Å². The predicted octanol–water partition coefficient (Wildman–Crippen LogP) is 4.91. The number of ether oxygens (including phenoxy) is 2. The van der Waals surface area contributed by atoms with Gasteiger partial charge in [-0.05, 0) is 48.7 Å². The summed E-state index contributed by atoms with van der Waals surface area (Å²) in [6.45, 7) is 1.63. The zero-order chi connectivity index (χ0) is 19.8. The monoisotopic (exact) mass is 403 g/mol. The van der Waals surface area contributed by atoms with Crippen LogP contribution in [0.1, 0.15) is 37.3 Å². The van der Waals surface area contributed by atoms with Crippen LogP contribution < -0.4 is 10.1 Å². The second-order valence-electron chi connectivity index (χ2n) is 6.76. The van der Waals surface area contributed by atoms with Gasteiger partial charge in [-0.1, -0.05) is 24.4 Å². The van der Waals surface area contributed by atoms with Crippen molar-refractivity contribution in [3.63, 3.8) is 0 Å². The first-order chi connectivity index (χ1) is 13.7. The Kier molecular flexibility index (Phi) is 7.51. The molecule has 2 amide bonds. The summed E-state index contributed by atoms with van der Waals surface area (Å²) in [5.74, 6) is 0.571. The van der Waals surface area contributed by atoms with E-state index in [2.05, 4.69) is 10.3 Å². The number of nitrogens with one attached hydrogen (secondary N) is 1. The maximum absolute atomic E-state index is 13.0. The second kappa shape index (κ2) is 10.3. The summed E-state index contributed by atoms with van der Waals surface area (Å²) in [6.07, 6.45) is 7.74. The van der Waals surface area contributed by atoms with Gasteiger partial charge in [-0.3, -0.25) is 4.98 Å². The number of carbonyl (C=O) groups is 1. The lowest BCUT2D eigenvalue weighted by Crippen LogP contribution is -2.38. The van der Waals surface area contributed by atoms with Crippen molar-refractivity contribution in [2.75, 3.05) is 32.2 Å². The van der Waals surface area contributed by atoms with E-state index in [4.69, 9.17) is 21.1 Å². The molecule has 1 fully saturated rings. The molecule has 0 bridgehead atoms. The number of benzene rings is 1. The van der Waals surface area contributed by atoms with Crippen molar-refractivity contribution in [2.45, 2.75) is 31.7 Å². The molecule has 1 saturated heterocycles. The average Bonchev–Trinajstić information content (AvgIpc) is 2.96. The molecule has 0 aliphatic carbocycles. The molecule has 1 unspecified atom stereocenters. The first kappa shape index (κ1) is 20.4. The summed E-state index contributed by atoms with van der Waals surface area (Å²) in [4.78, 5) is 19.0. The van der Waals surface area contributed by atoms with Gasteiger partial charge < -0.3 is 19.7 Å². The number of likely N-dealkylation sites (tertiary alicyclic amines) is 1. The number of anilines is 1. The summed E-state index contributed by atoms with van der Waals surface area (Å²) in [7, 11) is 1.62. The molecule has 1 atom stereocenters. The molecule has 0 radical (unpaired) electrons. The van der Waals surface area contributed by atoms with Gasteiger partial charge >= 0.3 is 6.03 Å². The number of nitrogens with zero attached hydrogens (tertiary/aromatic N) is 2. The highest BCUT2D eigenvalue weighted by Gasteiger charge is 2.27. The Morgan fingerprint density at radius 1 is 1.21 bits per heavy atom. The number of carbonyl (C=O) groups excluding carboxylic acids is 1. The zero-order valence-electron chi connectivity index (χ0n) is 16.1. The van der Waals surface area contributed by atoms with Crippen LogP contribution in [-0.2, 0) is 4.74 Å². The number of methoxy groups -OCH3 is 1.